The summed E-state index contributed by atoms with van der Waals surface area (Å²) in [5.41, 5.74) is 0. The Morgan fingerprint density at radius 2 is 1.93 bits per heavy atom. The molecule has 0 radical (unpaired) electrons. The quantitative estimate of drug-likeness (QED) is 0.694. The lowest BCUT2D eigenvalue weighted by molar-refractivity contribution is -0.306. The third kappa shape index (κ3) is 3.46. The molecule has 90 valence electrons. The first-order chi connectivity index (χ1) is 7.15. The fourth-order valence-corrected chi connectivity index (χ4v) is 2.39. The van der Waals surface area contributed by atoms with E-state index in [4.69, 9.17) is 9.47 Å². The van der Waals surface area contributed by atoms with Crippen molar-refractivity contribution in [3.8, 4) is 0 Å². The Balaban J connectivity index is 2.56. The van der Waals surface area contributed by atoms with Crippen molar-refractivity contribution in [3.63, 3.8) is 0 Å². The minimum absolute atomic E-state index is 0.319. The van der Waals surface area contributed by atoms with E-state index in [0.717, 1.165) is 25.9 Å². The molecule has 1 aliphatic rings. The van der Waals surface area contributed by atoms with Crippen molar-refractivity contribution in [1.82, 2.24) is 0 Å². The molecular weight excluding hydrogens is 188 g/mol. The van der Waals surface area contributed by atoms with Crippen LogP contribution >= 0.6 is 0 Å². The molecule has 0 aliphatic carbocycles. The van der Waals surface area contributed by atoms with Gasteiger partial charge in [0.25, 0.3) is 0 Å². The van der Waals surface area contributed by atoms with E-state index in [2.05, 4.69) is 27.7 Å². The van der Waals surface area contributed by atoms with Crippen molar-refractivity contribution < 1.29 is 9.47 Å². The fraction of sp³-hybridized carbons (Fsp3) is 1.00. The van der Waals surface area contributed by atoms with Crippen molar-refractivity contribution in [2.45, 2.75) is 71.7 Å². The summed E-state index contributed by atoms with van der Waals surface area (Å²) in [6.07, 6.45) is 6.05. The van der Waals surface area contributed by atoms with E-state index in [1.807, 2.05) is 0 Å². The van der Waals surface area contributed by atoms with Crippen LogP contribution in [-0.4, -0.2) is 18.5 Å². The van der Waals surface area contributed by atoms with Gasteiger partial charge in [0, 0.05) is 12.3 Å². The minimum Gasteiger partial charge on any atom is -0.350 e. The van der Waals surface area contributed by atoms with E-state index in [9.17, 15) is 0 Å². The molecule has 1 saturated heterocycles. The van der Waals surface area contributed by atoms with Crippen LogP contribution in [-0.2, 0) is 9.47 Å². The van der Waals surface area contributed by atoms with Crippen LogP contribution in [0, 0.1) is 5.92 Å². The molecule has 0 saturated carbocycles. The zero-order valence-electron chi connectivity index (χ0n) is 10.7. The Labute approximate surface area is 94.3 Å². The number of hydrogen-bond donors (Lipinski definition) is 0. The molecule has 1 heterocycles. The molecule has 3 atom stereocenters. The van der Waals surface area contributed by atoms with Crippen molar-refractivity contribution in [2.75, 3.05) is 6.61 Å². The highest BCUT2D eigenvalue weighted by molar-refractivity contribution is 4.78. The van der Waals surface area contributed by atoms with Gasteiger partial charge in [0.05, 0.1) is 12.7 Å². The molecule has 0 bridgehead atoms. The van der Waals surface area contributed by atoms with Crippen LogP contribution in [0.2, 0.25) is 0 Å². The van der Waals surface area contributed by atoms with Crippen molar-refractivity contribution >= 4 is 0 Å². The number of ether oxygens (including phenoxy) is 2. The smallest absolute Gasteiger partial charge is 0.165 e. The van der Waals surface area contributed by atoms with Gasteiger partial charge in [0.15, 0.2) is 5.79 Å². The van der Waals surface area contributed by atoms with Crippen LogP contribution in [0.3, 0.4) is 0 Å². The Hall–Kier alpha value is -0.0800. The first-order valence-corrected chi connectivity index (χ1v) is 6.47. The molecule has 1 aliphatic heterocycles. The molecule has 0 aromatic carbocycles. The van der Waals surface area contributed by atoms with Gasteiger partial charge in [-0.3, -0.25) is 0 Å². The van der Waals surface area contributed by atoms with E-state index >= 15 is 0 Å². The lowest BCUT2D eigenvalue weighted by Gasteiger charge is -2.43. The van der Waals surface area contributed by atoms with Crippen LogP contribution in [0.1, 0.15) is 59.8 Å². The maximum Gasteiger partial charge on any atom is 0.165 e. The topological polar surface area (TPSA) is 18.5 Å². The molecule has 0 N–H and O–H groups in total. The number of rotatable bonds is 5. The second kappa shape index (κ2) is 5.86. The Morgan fingerprint density at radius 1 is 1.20 bits per heavy atom. The lowest BCUT2D eigenvalue weighted by atomic mass is 9.94. The number of hydrogen-bond acceptors (Lipinski definition) is 2. The molecule has 2 nitrogen and oxygen atoms in total. The molecule has 1 fully saturated rings. The first-order valence-electron chi connectivity index (χ1n) is 6.47. The monoisotopic (exact) mass is 214 g/mol. The molecule has 15 heavy (non-hydrogen) atoms. The molecule has 0 aromatic heterocycles. The standard InChI is InChI=1S/C13H26O2/c1-5-8-12-11(7-3)10-14-13(4,15-12)9-6-2/h11-12H,5-10H2,1-4H3/t11-,12-,13+/m0/s1. The Morgan fingerprint density at radius 3 is 2.47 bits per heavy atom. The average Bonchev–Trinajstić information content (AvgIpc) is 2.19. The average molecular weight is 214 g/mol. The van der Waals surface area contributed by atoms with Crippen LogP contribution in [0.4, 0.5) is 0 Å². The zero-order valence-corrected chi connectivity index (χ0v) is 10.7. The van der Waals surface area contributed by atoms with Gasteiger partial charge in [-0.2, -0.15) is 0 Å². The van der Waals surface area contributed by atoms with E-state index in [1.54, 1.807) is 0 Å². The predicted molar refractivity (Wildman–Crippen MR) is 62.8 cm³/mol. The molecule has 0 amide bonds. The van der Waals surface area contributed by atoms with Crippen LogP contribution in [0.25, 0.3) is 0 Å². The van der Waals surface area contributed by atoms with Crippen molar-refractivity contribution in [1.29, 1.82) is 0 Å². The second-order valence-electron chi connectivity index (χ2n) is 4.81. The first kappa shape index (κ1) is 13.0. The summed E-state index contributed by atoms with van der Waals surface area (Å²) in [5.74, 6) is 0.273. The Kier molecular flexibility index (Phi) is 5.07. The summed E-state index contributed by atoms with van der Waals surface area (Å²) in [4.78, 5) is 0. The summed E-state index contributed by atoms with van der Waals surface area (Å²) in [5, 5.41) is 0. The molecule has 0 unspecified atom stereocenters. The highest BCUT2D eigenvalue weighted by Crippen LogP contribution is 2.33. The zero-order chi connectivity index (χ0) is 11.3. The summed E-state index contributed by atoms with van der Waals surface area (Å²) < 4.78 is 12.0. The normalized spacial score (nSPS) is 36.8. The summed E-state index contributed by atoms with van der Waals surface area (Å²) in [6, 6.07) is 0. The predicted octanol–water partition coefficient (Wildman–Crippen LogP) is 3.74. The molecule has 2 heteroatoms. The second-order valence-corrected chi connectivity index (χ2v) is 4.81. The molecular formula is C13H26O2. The van der Waals surface area contributed by atoms with Gasteiger partial charge in [-0.15, -0.1) is 0 Å². The summed E-state index contributed by atoms with van der Waals surface area (Å²) in [7, 11) is 0. The van der Waals surface area contributed by atoms with Gasteiger partial charge in [-0.05, 0) is 19.8 Å². The van der Waals surface area contributed by atoms with E-state index in [0.29, 0.717) is 12.0 Å². The highest BCUT2D eigenvalue weighted by Gasteiger charge is 2.37. The lowest BCUT2D eigenvalue weighted by Crippen LogP contribution is -2.47. The van der Waals surface area contributed by atoms with Crippen molar-refractivity contribution in [2.24, 2.45) is 5.92 Å². The van der Waals surface area contributed by atoms with Gasteiger partial charge in [-0.25, -0.2) is 0 Å². The van der Waals surface area contributed by atoms with Gasteiger partial charge >= 0.3 is 0 Å². The SMILES string of the molecule is CCC[C@@H]1O[C@](C)(CCC)OC[C@@H]1CC. The van der Waals surface area contributed by atoms with Gasteiger partial charge < -0.3 is 9.47 Å². The van der Waals surface area contributed by atoms with Crippen LogP contribution in [0.5, 0.6) is 0 Å². The highest BCUT2D eigenvalue weighted by atomic mass is 16.7. The summed E-state index contributed by atoms with van der Waals surface area (Å²) >= 11 is 0. The van der Waals surface area contributed by atoms with E-state index < -0.39 is 0 Å². The Bertz CT molecular complexity index is 181. The molecule has 0 spiro atoms. The fourth-order valence-electron chi connectivity index (χ4n) is 2.39. The summed E-state index contributed by atoms with van der Waals surface area (Å²) in [6.45, 7) is 9.59. The maximum atomic E-state index is 6.14. The molecule has 1 rings (SSSR count). The van der Waals surface area contributed by atoms with E-state index in [-0.39, 0.29) is 5.79 Å². The maximum absolute atomic E-state index is 6.14. The molecule has 0 aromatic rings. The van der Waals surface area contributed by atoms with E-state index in [1.165, 1.54) is 12.8 Å². The van der Waals surface area contributed by atoms with Crippen LogP contribution in [0.15, 0.2) is 0 Å². The van der Waals surface area contributed by atoms with Gasteiger partial charge in [-0.1, -0.05) is 33.6 Å². The van der Waals surface area contributed by atoms with Crippen LogP contribution < -0.4 is 0 Å². The van der Waals surface area contributed by atoms with Gasteiger partial charge in [0.2, 0.25) is 0 Å². The minimum atomic E-state index is -0.319. The van der Waals surface area contributed by atoms with Gasteiger partial charge in [0.1, 0.15) is 0 Å². The van der Waals surface area contributed by atoms with Crippen molar-refractivity contribution in [3.05, 3.63) is 0 Å². The largest absolute Gasteiger partial charge is 0.350 e. The third-order valence-electron chi connectivity index (χ3n) is 3.33. The third-order valence-corrected chi connectivity index (χ3v) is 3.33.